The number of benzene rings is 1. The summed E-state index contributed by atoms with van der Waals surface area (Å²) < 4.78 is 11.6. The molecule has 1 aromatic carbocycles. The summed E-state index contributed by atoms with van der Waals surface area (Å²) >= 11 is 0. The smallest absolute Gasteiger partial charge is 0.356 e. The van der Waals surface area contributed by atoms with Crippen molar-refractivity contribution in [3.05, 3.63) is 54.1 Å². The Morgan fingerprint density at radius 1 is 1.22 bits per heavy atom. The van der Waals surface area contributed by atoms with Gasteiger partial charge in [-0.15, -0.1) is 0 Å². The first-order valence-electron chi connectivity index (χ1n) is 7.36. The van der Waals surface area contributed by atoms with Gasteiger partial charge in [-0.2, -0.15) is 0 Å². The Kier molecular flexibility index (Phi) is 5.51. The van der Waals surface area contributed by atoms with Crippen LogP contribution in [0.3, 0.4) is 0 Å². The molecule has 0 N–H and O–H groups in total. The van der Waals surface area contributed by atoms with Crippen LogP contribution in [0.15, 0.2) is 42.9 Å². The second-order valence-corrected chi connectivity index (χ2v) is 5.30. The maximum atomic E-state index is 12.2. The van der Waals surface area contributed by atoms with Crippen LogP contribution in [-0.2, 0) is 14.3 Å². The summed E-state index contributed by atoms with van der Waals surface area (Å²) in [6.45, 7) is 3.59. The standard InChI is InChI=1S/C17H20N2O4/c1-12(16(20)22-3)10-23-17(21)15-9-18-11-19(15)13(2)14-7-5-4-6-8-14/h4-9,11-13H,10H2,1-3H3/t12-,13?/m1/s1. The van der Waals surface area contributed by atoms with Crippen molar-refractivity contribution >= 4 is 11.9 Å². The summed E-state index contributed by atoms with van der Waals surface area (Å²) in [7, 11) is 1.30. The molecule has 0 aliphatic heterocycles. The van der Waals surface area contributed by atoms with Crippen LogP contribution in [0.2, 0.25) is 0 Å². The summed E-state index contributed by atoms with van der Waals surface area (Å²) in [5.41, 5.74) is 1.40. The van der Waals surface area contributed by atoms with E-state index in [4.69, 9.17) is 4.74 Å². The minimum absolute atomic E-state index is 0.0313. The minimum Gasteiger partial charge on any atom is -0.469 e. The number of ether oxygens (including phenoxy) is 2. The van der Waals surface area contributed by atoms with Crippen LogP contribution in [0.25, 0.3) is 0 Å². The van der Waals surface area contributed by atoms with E-state index in [1.54, 1.807) is 17.8 Å². The van der Waals surface area contributed by atoms with E-state index >= 15 is 0 Å². The quantitative estimate of drug-likeness (QED) is 0.766. The number of rotatable bonds is 6. The van der Waals surface area contributed by atoms with Crippen LogP contribution >= 0.6 is 0 Å². The third kappa shape index (κ3) is 3.97. The molecule has 0 radical (unpaired) electrons. The Labute approximate surface area is 135 Å². The van der Waals surface area contributed by atoms with Gasteiger partial charge in [0, 0.05) is 0 Å². The molecule has 0 aliphatic rings. The van der Waals surface area contributed by atoms with Gasteiger partial charge < -0.3 is 14.0 Å². The number of carbonyl (C=O) groups is 2. The Morgan fingerprint density at radius 2 is 1.91 bits per heavy atom. The number of nitrogens with zero attached hydrogens (tertiary/aromatic N) is 2. The number of esters is 2. The molecular formula is C17H20N2O4. The summed E-state index contributed by atoms with van der Waals surface area (Å²) in [6, 6.07) is 9.74. The van der Waals surface area contributed by atoms with Crippen molar-refractivity contribution in [3.63, 3.8) is 0 Å². The highest BCUT2D eigenvalue weighted by Gasteiger charge is 2.21. The summed E-state index contributed by atoms with van der Waals surface area (Å²) in [5, 5.41) is 0. The van der Waals surface area contributed by atoms with Gasteiger partial charge in [0.25, 0.3) is 0 Å². The number of aromatic nitrogens is 2. The highest BCUT2D eigenvalue weighted by atomic mass is 16.5. The molecule has 0 fully saturated rings. The number of carbonyl (C=O) groups excluding carboxylic acids is 2. The average Bonchev–Trinajstić information content (AvgIpc) is 3.08. The van der Waals surface area contributed by atoms with E-state index < -0.39 is 17.9 Å². The molecule has 2 atom stereocenters. The van der Waals surface area contributed by atoms with E-state index in [9.17, 15) is 9.59 Å². The summed E-state index contributed by atoms with van der Waals surface area (Å²) in [5.74, 6) is -1.43. The molecule has 0 amide bonds. The van der Waals surface area contributed by atoms with E-state index in [1.165, 1.54) is 13.3 Å². The van der Waals surface area contributed by atoms with Gasteiger partial charge >= 0.3 is 11.9 Å². The lowest BCUT2D eigenvalue weighted by Crippen LogP contribution is -2.22. The summed E-state index contributed by atoms with van der Waals surface area (Å²) in [6.07, 6.45) is 3.06. The third-order valence-electron chi connectivity index (χ3n) is 3.64. The van der Waals surface area contributed by atoms with Crippen LogP contribution in [0.1, 0.15) is 35.9 Å². The van der Waals surface area contributed by atoms with Crippen molar-refractivity contribution in [1.82, 2.24) is 9.55 Å². The van der Waals surface area contributed by atoms with Gasteiger partial charge in [-0.25, -0.2) is 9.78 Å². The zero-order valence-corrected chi connectivity index (χ0v) is 13.4. The van der Waals surface area contributed by atoms with Gasteiger partial charge in [-0.05, 0) is 19.4 Å². The molecule has 1 unspecified atom stereocenters. The van der Waals surface area contributed by atoms with Gasteiger partial charge in [0.1, 0.15) is 12.3 Å². The van der Waals surface area contributed by atoms with Crippen LogP contribution in [-0.4, -0.2) is 35.2 Å². The monoisotopic (exact) mass is 316 g/mol. The van der Waals surface area contributed by atoms with Gasteiger partial charge in [-0.3, -0.25) is 4.79 Å². The molecule has 122 valence electrons. The largest absolute Gasteiger partial charge is 0.469 e. The van der Waals surface area contributed by atoms with Gasteiger partial charge in [0.15, 0.2) is 0 Å². The van der Waals surface area contributed by atoms with Crippen molar-refractivity contribution in [2.75, 3.05) is 13.7 Å². The fourth-order valence-electron chi connectivity index (χ4n) is 2.21. The van der Waals surface area contributed by atoms with E-state index in [0.29, 0.717) is 5.69 Å². The lowest BCUT2D eigenvalue weighted by Gasteiger charge is -2.17. The van der Waals surface area contributed by atoms with Gasteiger partial charge in [-0.1, -0.05) is 30.3 Å². The lowest BCUT2D eigenvalue weighted by molar-refractivity contribution is -0.146. The van der Waals surface area contributed by atoms with Gasteiger partial charge in [0.05, 0.1) is 31.6 Å². The Morgan fingerprint density at radius 3 is 2.57 bits per heavy atom. The van der Waals surface area contributed by atoms with Crippen molar-refractivity contribution in [1.29, 1.82) is 0 Å². The maximum absolute atomic E-state index is 12.2. The zero-order chi connectivity index (χ0) is 16.8. The third-order valence-corrected chi connectivity index (χ3v) is 3.64. The second kappa shape index (κ2) is 7.58. The maximum Gasteiger partial charge on any atom is 0.356 e. The molecule has 0 spiro atoms. The van der Waals surface area contributed by atoms with Crippen LogP contribution < -0.4 is 0 Å². The fraction of sp³-hybridized carbons (Fsp3) is 0.353. The Bertz CT molecular complexity index is 666. The number of hydrogen-bond donors (Lipinski definition) is 0. The first kappa shape index (κ1) is 16.7. The molecular weight excluding hydrogens is 296 g/mol. The zero-order valence-electron chi connectivity index (χ0n) is 13.4. The highest BCUT2D eigenvalue weighted by Crippen LogP contribution is 2.19. The van der Waals surface area contributed by atoms with Crippen molar-refractivity contribution in [3.8, 4) is 0 Å². The molecule has 1 heterocycles. The minimum atomic E-state index is -0.513. The SMILES string of the molecule is COC(=O)[C@H](C)COC(=O)c1cncn1C(C)c1ccccc1. The lowest BCUT2D eigenvalue weighted by atomic mass is 10.1. The fourth-order valence-corrected chi connectivity index (χ4v) is 2.21. The second-order valence-electron chi connectivity index (χ2n) is 5.30. The van der Waals surface area contributed by atoms with E-state index in [2.05, 4.69) is 9.72 Å². The Balaban J connectivity index is 2.08. The Hall–Kier alpha value is -2.63. The molecule has 2 aromatic rings. The summed E-state index contributed by atoms with van der Waals surface area (Å²) in [4.78, 5) is 27.6. The van der Waals surface area contributed by atoms with E-state index in [1.807, 2.05) is 37.3 Å². The first-order chi connectivity index (χ1) is 11.0. The van der Waals surface area contributed by atoms with Crippen molar-refractivity contribution in [2.24, 2.45) is 5.92 Å². The molecule has 6 nitrogen and oxygen atoms in total. The van der Waals surface area contributed by atoms with Crippen LogP contribution in [0.4, 0.5) is 0 Å². The van der Waals surface area contributed by atoms with E-state index in [-0.39, 0.29) is 12.6 Å². The topological polar surface area (TPSA) is 70.4 Å². The number of imidazole rings is 1. The molecule has 0 bridgehead atoms. The first-order valence-corrected chi connectivity index (χ1v) is 7.36. The van der Waals surface area contributed by atoms with E-state index in [0.717, 1.165) is 5.56 Å². The molecule has 0 aliphatic carbocycles. The molecule has 23 heavy (non-hydrogen) atoms. The van der Waals surface area contributed by atoms with Crippen LogP contribution in [0, 0.1) is 5.92 Å². The van der Waals surface area contributed by atoms with Crippen molar-refractivity contribution < 1.29 is 19.1 Å². The molecule has 2 rings (SSSR count). The number of hydrogen-bond acceptors (Lipinski definition) is 5. The van der Waals surface area contributed by atoms with Crippen molar-refractivity contribution in [2.45, 2.75) is 19.9 Å². The molecule has 0 saturated carbocycles. The van der Waals surface area contributed by atoms with Gasteiger partial charge in [0.2, 0.25) is 0 Å². The van der Waals surface area contributed by atoms with Crippen LogP contribution in [0.5, 0.6) is 0 Å². The average molecular weight is 316 g/mol. The number of methoxy groups -OCH3 is 1. The molecule has 6 heteroatoms. The molecule has 1 aromatic heterocycles. The predicted molar refractivity (Wildman–Crippen MR) is 83.9 cm³/mol. The normalized spacial score (nSPS) is 13.2. The highest BCUT2D eigenvalue weighted by molar-refractivity contribution is 5.87. The predicted octanol–water partition coefficient (Wildman–Crippen LogP) is 2.46. The molecule has 0 saturated heterocycles.